The predicted molar refractivity (Wildman–Crippen MR) is 80.9 cm³/mol. The molecule has 0 fully saturated rings. The molecule has 7 heteroatoms. The van der Waals surface area contributed by atoms with Crippen LogP contribution in [0.3, 0.4) is 0 Å². The fraction of sp³-hybridized carbons (Fsp3) is 0.571. The molecule has 0 aromatic heterocycles. The van der Waals surface area contributed by atoms with E-state index in [0.29, 0.717) is 12.0 Å². The van der Waals surface area contributed by atoms with Gasteiger partial charge in [0.1, 0.15) is 0 Å². The fourth-order valence-corrected chi connectivity index (χ4v) is 2.51. The van der Waals surface area contributed by atoms with E-state index in [1.807, 2.05) is 20.8 Å². The van der Waals surface area contributed by atoms with Gasteiger partial charge in [0.15, 0.2) is 11.5 Å². The average molecular weight is 317 g/mol. The molecule has 0 bridgehead atoms. The molecule has 0 amide bonds. The predicted octanol–water partition coefficient (Wildman–Crippen LogP) is 1.54. The number of aliphatic hydroxyl groups is 1. The minimum Gasteiger partial charge on any atom is -0.504 e. The van der Waals surface area contributed by atoms with Gasteiger partial charge in [0.05, 0.1) is 12.4 Å². The Morgan fingerprint density at radius 2 is 1.95 bits per heavy atom. The molecule has 0 aliphatic rings. The topological polar surface area (TPSA) is 95.9 Å². The van der Waals surface area contributed by atoms with Gasteiger partial charge in [0, 0.05) is 12.1 Å². The highest BCUT2D eigenvalue weighted by Crippen LogP contribution is 2.31. The molecule has 0 spiro atoms. The van der Waals surface area contributed by atoms with Gasteiger partial charge < -0.3 is 19.7 Å². The Bertz CT molecular complexity index is 571. The van der Waals surface area contributed by atoms with Crippen LogP contribution in [0.4, 0.5) is 0 Å². The summed E-state index contributed by atoms with van der Waals surface area (Å²) in [6.07, 6.45) is 0.798. The number of benzene rings is 1. The summed E-state index contributed by atoms with van der Waals surface area (Å²) in [6.45, 7) is 5.91. The van der Waals surface area contributed by atoms with Crippen molar-refractivity contribution in [3.8, 4) is 11.5 Å². The Balaban J connectivity index is 2.96. The minimum absolute atomic E-state index is 0.154. The first kappa shape index (κ1) is 17.7. The maximum atomic E-state index is 11.1. The monoisotopic (exact) mass is 317 g/mol. The molecule has 3 N–H and O–H groups in total. The molecule has 0 heterocycles. The van der Waals surface area contributed by atoms with Crippen molar-refractivity contribution in [2.24, 2.45) is 0 Å². The third-order valence-electron chi connectivity index (χ3n) is 2.93. The molecular formula is C14H23NO5S. The van der Waals surface area contributed by atoms with E-state index < -0.39 is 16.2 Å². The van der Waals surface area contributed by atoms with Gasteiger partial charge in [-0.3, -0.25) is 0 Å². The highest BCUT2D eigenvalue weighted by molar-refractivity contribution is 7.86. The largest absolute Gasteiger partial charge is 0.504 e. The van der Waals surface area contributed by atoms with Crippen LogP contribution in [0.25, 0.3) is 0 Å². The third-order valence-corrected chi connectivity index (χ3v) is 3.42. The van der Waals surface area contributed by atoms with E-state index in [1.165, 1.54) is 18.2 Å². The van der Waals surface area contributed by atoms with Crippen LogP contribution >= 0.6 is 0 Å². The van der Waals surface area contributed by atoms with Crippen LogP contribution in [-0.4, -0.2) is 37.0 Å². The van der Waals surface area contributed by atoms with Gasteiger partial charge in [-0.15, -0.1) is 0 Å². The Labute approximate surface area is 125 Å². The lowest BCUT2D eigenvalue weighted by molar-refractivity contribution is 0.121. The molecule has 0 aliphatic carbocycles. The quantitative estimate of drug-likeness (QED) is 0.660. The molecule has 0 saturated heterocycles. The second-order valence-electron chi connectivity index (χ2n) is 5.30. The molecule has 21 heavy (non-hydrogen) atoms. The molecule has 0 aliphatic heterocycles. The lowest BCUT2D eigenvalue weighted by Gasteiger charge is -2.25. The first-order valence-corrected chi connectivity index (χ1v) is 8.62. The second kappa shape index (κ2) is 7.11. The van der Waals surface area contributed by atoms with Crippen LogP contribution in [0, 0.1) is 0 Å². The van der Waals surface area contributed by atoms with E-state index >= 15 is 0 Å². The number of hydrogen-bond acceptors (Lipinski definition) is 6. The van der Waals surface area contributed by atoms with Crippen molar-refractivity contribution in [1.82, 2.24) is 5.32 Å². The highest BCUT2D eigenvalue weighted by atomic mass is 32.2. The number of phenolic OH excluding ortho intramolecular Hbond substituents is 1. The van der Waals surface area contributed by atoms with Crippen molar-refractivity contribution in [2.45, 2.75) is 45.4 Å². The Hall–Kier alpha value is -1.31. The zero-order valence-corrected chi connectivity index (χ0v) is 13.5. The molecule has 2 atom stereocenters. The summed E-state index contributed by atoms with van der Waals surface area (Å²) in [5.41, 5.74) is 0.494. The Morgan fingerprint density at radius 3 is 2.38 bits per heavy atom. The minimum atomic E-state index is -3.70. The standard InChI is InChI=1S/C14H23NO5S/c1-5-11(15-9(2)3)14(17)10-6-7-13(12(16)8-10)20-21(4,18)19/h6-9,11,14-17H,5H2,1-4H3. The summed E-state index contributed by atoms with van der Waals surface area (Å²) in [7, 11) is -3.70. The third kappa shape index (κ3) is 5.53. The molecule has 0 radical (unpaired) electrons. The maximum absolute atomic E-state index is 11.1. The second-order valence-corrected chi connectivity index (χ2v) is 6.87. The smallest absolute Gasteiger partial charge is 0.306 e. The van der Waals surface area contributed by atoms with Crippen LogP contribution < -0.4 is 9.50 Å². The first-order valence-electron chi connectivity index (χ1n) is 6.80. The molecule has 120 valence electrons. The van der Waals surface area contributed by atoms with Crippen molar-refractivity contribution in [3.05, 3.63) is 23.8 Å². The molecule has 1 aromatic carbocycles. The number of nitrogens with one attached hydrogen (secondary N) is 1. The van der Waals surface area contributed by atoms with Crippen LogP contribution in [0.5, 0.6) is 11.5 Å². The van der Waals surface area contributed by atoms with Crippen molar-refractivity contribution in [3.63, 3.8) is 0 Å². The van der Waals surface area contributed by atoms with Crippen molar-refractivity contribution >= 4 is 10.1 Å². The van der Waals surface area contributed by atoms with Gasteiger partial charge in [-0.25, -0.2) is 0 Å². The van der Waals surface area contributed by atoms with Gasteiger partial charge in [-0.2, -0.15) is 8.42 Å². The van der Waals surface area contributed by atoms with E-state index in [0.717, 1.165) is 6.26 Å². The average Bonchev–Trinajstić information content (AvgIpc) is 2.35. The number of rotatable bonds is 7. The summed E-state index contributed by atoms with van der Waals surface area (Å²) in [4.78, 5) is 0. The summed E-state index contributed by atoms with van der Waals surface area (Å²) in [5, 5.41) is 23.4. The number of hydrogen-bond donors (Lipinski definition) is 3. The normalized spacial score (nSPS) is 15.0. The van der Waals surface area contributed by atoms with Crippen LogP contribution in [-0.2, 0) is 10.1 Å². The van der Waals surface area contributed by atoms with E-state index in [-0.39, 0.29) is 23.6 Å². The molecule has 6 nitrogen and oxygen atoms in total. The summed E-state index contributed by atoms with van der Waals surface area (Å²) in [6, 6.07) is 4.24. The first-order chi connectivity index (χ1) is 9.64. The zero-order chi connectivity index (χ0) is 16.2. The van der Waals surface area contributed by atoms with Gasteiger partial charge in [-0.1, -0.05) is 26.8 Å². The van der Waals surface area contributed by atoms with Gasteiger partial charge in [0.25, 0.3) is 0 Å². The molecule has 0 saturated carbocycles. The molecule has 1 rings (SSSR count). The molecular weight excluding hydrogens is 294 g/mol. The van der Waals surface area contributed by atoms with E-state index in [2.05, 4.69) is 9.50 Å². The molecule has 2 unspecified atom stereocenters. The van der Waals surface area contributed by atoms with Crippen molar-refractivity contribution < 1.29 is 22.8 Å². The van der Waals surface area contributed by atoms with E-state index in [1.54, 1.807) is 0 Å². The van der Waals surface area contributed by atoms with Gasteiger partial charge in [0.2, 0.25) is 0 Å². The van der Waals surface area contributed by atoms with Crippen molar-refractivity contribution in [2.75, 3.05) is 6.26 Å². The highest BCUT2D eigenvalue weighted by Gasteiger charge is 2.21. The zero-order valence-electron chi connectivity index (χ0n) is 12.7. The van der Waals surface area contributed by atoms with E-state index in [9.17, 15) is 18.6 Å². The van der Waals surface area contributed by atoms with Crippen LogP contribution in [0.2, 0.25) is 0 Å². The lowest BCUT2D eigenvalue weighted by Crippen LogP contribution is -2.38. The summed E-state index contributed by atoms with van der Waals surface area (Å²) < 4.78 is 26.8. The Kier molecular flexibility index (Phi) is 6.00. The number of phenols is 1. The number of aliphatic hydroxyl groups excluding tert-OH is 1. The summed E-state index contributed by atoms with van der Waals surface area (Å²) >= 11 is 0. The van der Waals surface area contributed by atoms with Crippen LogP contribution in [0.15, 0.2) is 18.2 Å². The van der Waals surface area contributed by atoms with E-state index in [4.69, 9.17) is 0 Å². The lowest BCUT2D eigenvalue weighted by atomic mass is 9.99. The van der Waals surface area contributed by atoms with Gasteiger partial charge in [-0.05, 0) is 24.1 Å². The molecule has 1 aromatic rings. The van der Waals surface area contributed by atoms with Gasteiger partial charge >= 0.3 is 10.1 Å². The maximum Gasteiger partial charge on any atom is 0.306 e. The Morgan fingerprint density at radius 1 is 1.33 bits per heavy atom. The fourth-order valence-electron chi connectivity index (χ4n) is 2.04. The summed E-state index contributed by atoms with van der Waals surface area (Å²) in [5.74, 6) is -0.477. The number of aromatic hydroxyl groups is 1. The van der Waals surface area contributed by atoms with Crippen molar-refractivity contribution in [1.29, 1.82) is 0 Å². The SMILES string of the molecule is CCC(NC(C)C)C(O)c1ccc(OS(C)(=O)=O)c(O)c1. The van der Waals surface area contributed by atoms with Crippen LogP contribution in [0.1, 0.15) is 38.9 Å².